The van der Waals surface area contributed by atoms with E-state index in [4.69, 9.17) is 10.2 Å². The molecule has 0 saturated heterocycles. The van der Waals surface area contributed by atoms with Crippen molar-refractivity contribution in [3.05, 3.63) is 23.7 Å². The molecule has 0 radical (unpaired) electrons. The van der Waals surface area contributed by atoms with Gasteiger partial charge in [0.05, 0.1) is 12.6 Å². The molecule has 4 heteroatoms. The summed E-state index contributed by atoms with van der Waals surface area (Å²) >= 11 is 0. The van der Waals surface area contributed by atoms with Crippen LogP contribution in [0.15, 0.2) is 16.5 Å². The largest absolute Gasteiger partial charge is 0.464 e. The number of hydrogen-bond donors (Lipinski definition) is 1. The van der Waals surface area contributed by atoms with Gasteiger partial charge >= 0.3 is 0 Å². The fourth-order valence-electron chi connectivity index (χ4n) is 2.27. The lowest BCUT2D eigenvalue weighted by Crippen LogP contribution is -2.44. The first-order chi connectivity index (χ1) is 9.11. The Morgan fingerprint density at radius 2 is 2.26 bits per heavy atom. The number of furan rings is 1. The number of rotatable bonds is 7. The molecular weight excluding hydrogens is 240 g/mol. The van der Waals surface area contributed by atoms with Crippen LogP contribution in [0.4, 0.5) is 0 Å². The van der Waals surface area contributed by atoms with Crippen LogP contribution in [-0.2, 0) is 11.3 Å². The normalized spacial score (nSPS) is 16.4. The van der Waals surface area contributed by atoms with Crippen LogP contribution in [-0.4, -0.2) is 22.9 Å². The third-order valence-corrected chi connectivity index (χ3v) is 3.58. The zero-order chi connectivity index (χ0) is 13.8. The Kier molecular flexibility index (Phi) is 4.64. The summed E-state index contributed by atoms with van der Waals surface area (Å²) in [7, 11) is 0. The summed E-state index contributed by atoms with van der Waals surface area (Å²) in [4.78, 5) is 14.3. The van der Waals surface area contributed by atoms with Gasteiger partial charge in [-0.1, -0.05) is 19.8 Å². The number of aryl methyl sites for hydroxylation is 1. The Labute approximate surface area is 114 Å². The van der Waals surface area contributed by atoms with E-state index in [1.54, 1.807) is 0 Å². The first-order valence-electron chi connectivity index (χ1n) is 7.23. The fourth-order valence-corrected chi connectivity index (χ4v) is 2.27. The fraction of sp³-hybridized carbons (Fsp3) is 0.667. The molecule has 0 unspecified atom stereocenters. The van der Waals surface area contributed by atoms with Crippen molar-refractivity contribution < 1.29 is 9.21 Å². The van der Waals surface area contributed by atoms with Gasteiger partial charge in [0.25, 0.3) is 0 Å². The number of nitrogens with zero attached hydrogens (tertiary/aromatic N) is 1. The lowest BCUT2D eigenvalue weighted by molar-refractivity contribution is -0.134. The van der Waals surface area contributed by atoms with Gasteiger partial charge < -0.3 is 15.1 Å². The molecule has 1 saturated carbocycles. The number of unbranched alkanes of at least 4 members (excludes halogenated alkanes) is 1. The summed E-state index contributed by atoms with van der Waals surface area (Å²) in [5.74, 6) is 1.80. The van der Waals surface area contributed by atoms with E-state index >= 15 is 0 Å². The Balaban J connectivity index is 1.97. The molecular formula is C15H24N2O2. The summed E-state index contributed by atoms with van der Waals surface area (Å²) < 4.78 is 5.57. The summed E-state index contributed by atoms with van der Waals surface area (Å²) in [5, 5.41) is 0. The van der Waals surface area contributed by atoms with Gasteiger partial charge in [-0.15, -0.1) is 0 Å². The average Bonchev–Trinajstić information content (AvgIpc) is 3.15. The van der Waals surface area contributed by atoms with E-state index in [2.05, 4.69) is 6.92 Å². The summed E-state index contributed by atoms with van der Waals surface area (Å²) in [5.41, 5.74) is 6.01. The van der Waals surface area contributed by atoms with Crippen LogP contribution >= 0.6 is 0 Å². The van der Waals surface area contributed by atoms with Gasteiger partial charge in [-0.25, -0.2) is 0 Å². The van der Waals surface area contributed by atoms with Crippen LogP contribution in [0.3, 0.4) is 0 Å². The molecule has 0 aromatic carbocycles. The van der Waals surface area contributed by atoms with E-state index in [1.807, 2.05) is 24.0 Å². The number of carbonyl (C=O) groups is 1. The Morgan fingerprint density at radius 1 is 1.53 bits per heavy atom. The van der Waals surface area contributed by atoms with E-state index in [1.165, 1.54) is 0 Å². The van der Waals surface area contributed by atoms with Crippen LogP contribution < -0.4 is 5.73 Å². The minimum Gasteiger partial charge on any atom is -0.464 e. The van der Waals surface area contributed by atoms with Crippen LogP contribution in [0.5, 0.6) is 0 Å². The highest BCUT2D eigenvalue weighted by Gasteiger charge is 2.35. The zero-order valence-electron chi connectivity index (χ0n) is 11.9. The van der Waals surface area contributed by atoms with Crippen molar-refractivity contribution >= 4 is 5.91 Å². The van der Waals surface area contributed by atoms with Gasteiger partial charge in [-0.3, -0.25) is 4.79 Å². The molecule has 1 aliphatic carbocycles. The predicted octanol–water partition coefficient (Wildman–Crippen LogP) is 2.60. The summed E-state index contributed by atoms with van der Waals surface area (Å²) in [6.45, 7) is 4.58. The van der Waals surface area contributed by atoms with E-state index in [-0.39, 0.29) is 11.9 Å². The number of amides is 1. The molecule has 0 aliphatic heterocycles. The minimum atomic E-state index is -0.364. The van der Waals surface area contributed by atoms with Gasteiger partial charge in [-0.2, -0.15) is 0 Å². The molecule has 1 fully saturated rings. The van der Waals surface area contributed by atoms with Crippen molar-refractivity contribution in [3.8, 4) is 0 Å². The number of carbonyl (C=O) groups excluding carboxylic acids is 1. The van der Waals surface area contributed by atoms with Crippen LogP contribution in [0.1, 0.15) is 50.5 Å². The molecule has 1 aromatic heterocycles. The average molecular weight is 264 g/mol. The number of nitrogens with two attached hydrogens (primary N) is 1. The molecule has 2 N–H and O–H groups in total. The SMILES string of the molecule is CCCC[C@H](N)C(=O)N(Cc1ccc(C)o1)C1CC1. The second kappa shape index (κ2) is 6.24. The highest BCUT2D eigenvalue weighted by atomic mass is 16.3. The van der Waals surface area contributed by atoms with Crippen LogP contribution in [0.25, 0.3) is 0 Å². The molecule has 1 aliphatic rings. The molecule has 0 bridgehead atoms. The van der Waals surface area contributed by atoms with Gasteiger partial charge in [-0.05, 0) is 38.3 Å². The first-order valence-corrected chi connectivity index (χ1v) is 7.23. The molecule has 1 heterocycles. The standard InChI is InChI=1S/C15H24N2O2/c1-3-4-5-14(16)15(18)17(12-7-8-12)10-13-9-6-11(2)19-13/h6,9,12,14H,3-5,7-8,10,16H2,1-2H3/t14-/m0/s1. The maximum absolute atomic E-state index is 12.4. The van der Waals surface area contributed by atoms with Crippen molar-refractivity contribution in [2.75, 3.05) is 0 Å². The van der Waals surface area contributed by atoms with Gasteiger partial charge in [0.1, 0.15) is 11.5 Å². The monoisotopic (exact) mass is 264 g/mol. The van der Waals surface area contributed by atoms with Crippen molar-refractivity contribution in [3.63, 3.8) is 0 Å². The molecule has 4 nitrogen and oxygen atoms in total. The molecule has 1 amide bonds. The predicted molar refractivity (Wildman–Crippen MR) is 74.5 cm³/mol. The number of hydrogen-bond acceptors (Lipinski definition) is 3. The lowest BCUT2D eigenvalue weighted by atomic mass is 10.1. The Morgan fingerprint density at radius 3 is 2.79 bits per heavy atom. The molecule has 0 spiro atoms. The molecule has 1 aromatic rings. The smallest absolute Gasteiger partial charge is 0.240 e. The van der Waals surface area contributed by atoms with Crippen LogP contribution in [0.2, 0.25) is 0 Å². The topological polar surface area (TPSA) is 59.5 Å². The Bertz CT molecular complexity index is 424. The van der Waals surface area contributed by atoms with E-state index in [0.29, 0.717) is 12.6 Å². The zero-order valence-corrected chi connectivity index (χ0v) is 11.9. The first kappa shape index (κ1) is 14.1. The quantitative estimate of drug-likeness (QED) is 0.823. The van der Waals surface area contributed by atoms with Crippen molar-refractivity contribution in [2.45, 2.75) is 64.6 Å². The van der Waals surface area contributed by atoms with Crippen molar-refractivity contribution in [2.24, 2.45) is 5.73 Å². The third-order valence-electron chi connectivity index (χ3n) is 3.58. The lowest BCUT2D eigenvalue weighted by Gasteiger charge is -2.24. The molecule has 106 valence electrons. The Hall–Kier alpha value is -1.29. The van der Waals surface area contributed by atoms with E-state index in [9.17, 15) is 4.79 Å². The maximum atomic E-state index is 12.4. The van der Waals surface area contributed by atoms with E-state index < -0.39 is 0 Å². The minimum absolute atomic E-state index is 0.0741. The second-order valence-electron chi connectivity index (χ2n) is 5.46. The van der Waals surface area contributed by atoms with Crippen molar-refractivity contribution in [1.82, 2.24) is 4.90 Å². The highest BCUT2D eigenvalue weighted by Crippen LogP contribution is 2.29. The summed E-state index contributed by atoms with van der Waals surface area (Å²) in [6, 6.07) is 3.87. The molecule has 2 rings (SSSR count). The molecule has 1 atom stereocenters. The van der Waals surface area contributed by atoms with Crippen molar-refractivity contribution in [1.29, 1.82) is 0 Å². The highest BCUT2D eigenvalue weighted by molar-refractivity contribution is 5.82. The van der Waals surface area contributed by atoms with Gasteiger partial charge in [0, 0.05) is 6.04 Å². The maximum Gasteiger partial charge on any atom is 0.240 e. The summed E-state index contributed by atoms with van der Waals surface area (Å²) in [6.07, 6.45) is 5.03. The van der Waals surface area contributed by atoms with Crippen LogP contribution in [0, 0.1) is 6.92 Å². The van der Waals surface area contributed by atoms with Gasteiger partial charge in [0.15, 0.2) is 0 Å². The third kappa shape index (κ3) is 3.83. The second-order valence-corrected chi connectivity index (χ2v) is 5.46. The van der Waals surface area contributed by atoms with E-state index in [0.717, 1.165) is 43.6 Å². The molecule has 19 heavy (non-hydrogen) atoms. The van der Waals surface area contributed by atoms with Gasteiger partial charge in [0.2, 0.25) is 5.91 Å².